The molecule has 0 aliphatic rings. The number of carboxylic acids is 4. The van der Waals surface area contributed by atoms with E-state index in [1.165, 1.54) is 0 Å². The molecule has 17 nitrogen and oxygen atoms in total. The summed E-state index contributed by atoms with van der Waals surface area (Å²) in [6, 6.07) is -3.73. The van der Waals surface area contributed by atoms with Gasteiger partial charge in [-0.25, -0.2) is 0 Å². The number of amides is 3. The van der Waals surface area contributed by atoms with Crippen LogP contribution in [-0.2, 0) is 33.6 Å². The van der Waals surface area contributed by atoms with Crippen molar-refractivity contribution in [2.24, 2.45) is 11.5 Å². The summed E-state index contributed by atoms with van der Waals surface area (Å²) in [6.45, 7) is -0.852. The summed E-state index contributed by atoms with van der Waals surface area (Å²) in [6.07, 6.45) is -0.253. The van der Waals surface area contributed by atoms with Crippen molar-refractivity contribution in [2.75, 3.05) is 24.6 Å². The van der Waals surface area contributed by atoms with Gasteiger partial charge in [0.15, 0.2) is 0 Å². The number of carbonyl (C=O) groups excluding carboxylic acids is 3. The second-order valence-electron chi connectivity index (χ2n) is 7.80. The molecule has 0 aliphatic heterocycles. The Hall–Kier alpha value is -2.90. The van der Waals surface area contributed by atoms with E-state index in [-0.39, 0.29) is 49.6 Å². The number of rotatable bonds is 19. The van der Waals surface area contributed by atoms with Crippen LogP contribution in [0.25, 0.3) is 0 Å². The fourth-order valence-corrected chi connectivity index (χ4v) is 3.57. The monoisotopic (exact) mass is 678 g/mol. The van der Waals surface area contributed by atoms with Gasteiger partial charge in [-0.2, -0.15) is 12.6 Å². The minimum absolute atomic E-state index is 0.0196. The molecule has 20 heteroatoms. The zero-order valence-electron chi connectivity index (χ0n) is 21.1. The van der Waals surface area contributed by atoms with E-state index >= 15 is 0 Å². The van der Waals surface area contributed by atoms with Crippen LogP contribution >= 0.6 is 25.3 Å². The molecule has 0 bridgehead atoms. The van der Waals surface area contributed by atoms with Gasteiger partial charge in [0.2, 0.25) is 11.8 Å². The summed E-state index contributed by atoms with van der Waals surface area (Å²) < 4.78 is 0.443. The average Bonchev–Trinajstić information content (AvgIpc) is 2.89. The molecular weight excluding hydrogens is 643 g/mol. The van der Waals surface area contributed by atoms with E-state index in [0.717, 1.165) is 0 Å². The number of hydrogen-bond donors (Lipinski definition) is 12. The number of carboxylic acid groups (broad SMARTS) is 4. The zero-order chi connectivity index (χ0) is 31.4. The Kier molecular flexibility index (Phi) is 21.5. The summed E-state index contributed by atoms with van der Waals surface area (Å²) in [7, 11) is 0. The summed E-state index contributed by atoms with van der Waals surface area (Å²) in [5.74, 6) is -6.03. The van der Waals surface area contributed by atoms with E-state index < -0.39 is 66.4 Å². The first-order chi connectivity index (χ1) is 18.5. The van der Waals surface area contributed by atoms with Crippen LogP contribution in [0, 0.1) is 0 Å². The van der Waals surface area contributed by atoms with Crippen molar-refractivity contribution in [1.82, 2.24) is 21.3 Å². The predicted octanol–water partition coefficient (Wildman–Crippen LogP) is -4.64. The van der Waals surface area contributed by atoms with E-state index in [0.29, 0.717) is 4.54 Å². The van der Waals surface area contributed by atoms with Crippen LogP contribution in [0.4, 0.5) is 0 Å². The first-order valence-electron chi connectivity index (χ1n) is 11.3. The molecule has 0 saturated carbocycles. The molecule has 3 amide bonds. The van der Waals surface area contributed by atoms with Crippen molar-refractivity contribution >= 4 is 87.0 Å². The van der Waals surface area contributed by atoms with Gasteiger partial charge >= 0.3 is 141 Å². The number of nitrogens with one attached hydrogen (secondary N) is 4. The first kappa shape index (κ1) is 39.2. The van der Waals surface area contributed by atoms with E-state index in [1.807, 2.05) is 0 Å². The minimum atomic E-state index is -1.22. The molecule has 0 heterocycles. The molecule has 40 heavy (non-hydrogen) atoms. The standard InChI is InChI=1S/C10H17N3O6S.C10H17N3O5SSe/c11-5(10(18)19)1-2-7(14)13-6(4-20)9(17)12-3-8(15)16;11-5(10(17)18)1-2-7(14)13-6(4-19)9(20)12-3-8(15)16/h5-6,20H,1-4,11H2,(H,12,17)(H,13,14)(H,15,16)(H,18,19);5-6,19H,1-4,11H2,(H,12,20)(H,13,14)(H,15,16)(H,17,18). The van der Waals surface area contributed by atoms with E-state index in [1.54, 1.807) is 0 Å². The van der Waals surface area contributed by atoms with Gasteiger partial charge < -0.3 is 26.6 Å². The van der Waals surface area contributed by atoms with Gasteiger partial charge in [0.05, 0.1) is 0 Å². The summed E-state index contributed by atoms with van der Waals surface area (Å²) in [4.78, 5) is 76.3. The molecule has 0 spiro atoms. The summed E-state index contributed by atoms with van der Waals surface area (Å²) in [5.41, 5.74) is 10.5. The Morgan fingerprint density at radius 3 is 1.40 bits per heavy atom. The second-order valence-corrected chi connectivity index (χ2v) is 9.45. The molecule has 0 aromatic carbocycles. The molecule has 4 unspecified atom stereocenters. The van der Waals surface area contributed by atoms with E-state index in [4.69, 9.17) is 31.9 Å². The van der Waals surface area contributed by atoms with Crippen LogP contribution in [-0.4, -0.2) is 131 Å². The van der Waals surface area contributed by atoms with Crippen molar-refractivity contribution in [3.05, 3.63) is 0 Å². The molecule has 0 rings (SSSR count). The number of hydrogen-bond acceptors (Lipinski definition) is 12. The van der Waals surface area contributed by atoms with Gasteiger partial charge in [-0.1, -0.05) is 0 Å². The fourth-order valence-electron chi connectivity index (χ4n) is 2.31. The summed E-state index contributed by atoms with van der Waals surface area (Å²) in [5, 5.41) is 43.7. The Morgan fingerprint density at radius 2 is 1.05 bits per heavy atom. The number of aliphatic carboxylic acids is 4. The van der Waals surface area contributed by atoms with Gasteiger partial charge in [0, 0.05) is 12.2 Å². The van der Waals surface area contributed by atoms with Crippen molar-refractivity contribution in [3.8, 4) is 0 Å². The third-order valence-electron chi connectivity index (χ3n) is 4.50. The third kappa shape index (κ3) is 20.1. The van der Waals surface area contributed by atoms with Gasteiger partial charge in [-0.05, 0) is 6.42 Å². The summed E-state index contributed by atoms with van der Waals surface area (Å²) >= 11 is 10.6. The zero-order valence-corrected chi connectivity index (χ0v) is 24.6. The normalized spacial score (nSPS) is 13.1. The average molecular weight is 678 g/mol. The fraction of sp³-hybridized carbons (Fsp3) is 0.600. The van der Waals surface area contributed by atoms with Crippen molar-refractivity contribution in [3.63, 3.8) is 0 Å². The maximum atomic E-state index is 11.6. The number of thiol groups is 2. The Morgan fingerprint density at radius 1 is 0.675 bits per heavy atom. The quantitative estimate of drug-likeness (QED) is 0.0452. The Labute approximate surface area is 247 Å². The number of nitrogens with two attached hydrogens (primary N) is 2. The Bertz CT molecular complexity index is 855. The molecule has 0 aromatic heterocycles. The van der Waals surface area contributed by atoms with Crippen LogP contribution in [0.15, 0.2) is 0 Å². The molecule has 12 N–H and O–H groups in total. The van der Waals surface area contributed by atoms with Gasteiger partial charge in [0.1, 0.15) is 18.6 Å². The molecular formula is C20H34N6O11S2Se. The molecule has 0 radical (unpaired) electrons. The molecule has 0 aromatic rings. The molecule has 0 aliphatic carbocycles. The second kappa shape index (κ2) is 21.9. The van der Waals surface area contributed by atoms with Crippen molar-refractivity contribution in [1.29, 1.82) is 0 Å². The van der Waals surface area contributed by atoms with Crippen molar-refractivity contribution in [2.45, 2.75) is 49.9 Å². The molecule has 228 valence electrons. The van der Waals surface area contributed by atoms with Gasteiger partial charge in [0.25, 0.3) is 0 Å². The van der Waals surface area contributed by atoms with Crippen molar-refractivity contribution < 1.29 is 54.0 Å². The maximum absolute atomic E-state index is 11.6. The van der Waals surface area contributed by atoms with Crippen LogP contribution in [0.3, 0.4) is 0 Å². The molecule has 0 saturated heterocycles. The van der Waals surface area contributed by atoms with Crippen LogP contribution < -0.4 is 32.7 Å². The third-order valence-corrected chi connectivity index (χ3v) is 6.13. The molecule has 0 fully saturated rings. The number of carbonyl (C=O) groups is 7. The van der Waals surface area contributed by atoms with Crippen LogP contribution in [0.5, 0.6) is 0 Å². The SMILES string of the molecule is NC(CCC(=O)NC(CS)C(=O)NCC(=O)O)C(=O)O.NC(CCC(=O)NC(CS)C(=[Se])NCC(=O)O)C(=O)O. The molecule has 4 atom stereocenters. The first-order valence-corrected chi connectivity index (χ1v) is 13.4. The van der Waals surface area contributed by atoms with E-state index in [9.17, 15) is 33.6 Å². The van der Waals surface area contributed by atoms with Crippen LogP contribution in [0.2, 0.25) is 0 Å². The van der Waals surface area contributed by atoms with Gasteiger partial charge in [-0.3, -0.25) is 19.2 Å². The van der Waals surface area contributed by atoms with Gasteiger partial charge in [-0.15, -0.1) is 0 Å². The predicted molar refractivity (Wildman–Crippen MR) is 148 cm³/mol. The Balaban J connectivity index is 0. The topological polar surface area (TPSA) is 301 Å². The van der Waals surface area contributed by atoms with E-state index in [2.05, 4.69) is 62.1 Å². The van der Waals surface area contributed by atoms with Crippen LogP contribution in [0.1, 0.15) is 25.7 Å².